The Kier molecular flexibility index (Phi) is 7.27. The number of anilines is 2. The maximum atomic E-state index is 11.6. The Bertz CT molecular complexity index is 990. The molecule has 0 fully saturated rings. The summed E-state index contributed by atoms with van der Waals surface area (Å²) in [5.74, 6) is 0.286. The number of nitrogens with zero attached hydrogens (tertiary/aromatic N) is 1. The number of unbranched alkanes of at least 4 members (excludes halogenated alkanes) is 1. The molecule has 6 heteroatoms. The summed E-state index contributed by atoms with van der Waals surface area (Å²) in [4.78, 5) is 15.7. The Hall–Kier alpha value is -3.54. The molecule has 30 heavy (non-hydrogen) atoms. The first kappa shape index (κ1) is 21.2. The molecular weight excluding hydrogens is 378 g/mol. The molecule has 0 spiro atoms. The van der Waals surface area contributed by atoms with E-state index in [0.29, 0.717) is 29.4 Å². The van der Waals surface area contributed by atoms with Crippen LogP contribution in [-0.2, 0) is 0 Å². The van der Waals surface area contributed by atoms with Gasteiger partial charge in [-0.3, -0.25) is 4.98 Å². The van der Waals surface area contributed by atoms with Gasteiger partial charge in [-0.25, -0.2) is 4.79 Å². The standard InChI is InChI=1S/C24H27N3O3/c1-3-5-11-27-22-16-19(24(28)29)15-21(26-4-2)23(22)30-20-8-6-7-18(14-20)17-9-12-25-13-10-17/h6-10,12-16,26-27H,3-5,11H2,1-2H3,(H,28,29). The molecule has 0 amide bonds. The van der Waals surface area contributed by atoms with Gasteiger partial charge in [-0.15, -0.1) is 0 Å². The molecule has 0 atom stereocenters. The molecule has 156 valence electrons. The van der Waals surface area contributed by atoms with Crippen molar-refractivity contribution in [3.05, 3.63) is 66.5 Å². The van der Waals surface area contributed by atoms with E-state index in [9.17, 15) is 9.90 Å². The summed E-state index contributed by atoms with van der Waals surface area (Å²) in [5.41, 5.74) is 3.58. The first-order valence-corrected chi connectivity index (χ1v) is 10.2. The number of nitrogens with one attached hydrogen (secondary N) is 2. The van der Waals surface area contributed by atoms with Crippen molar-refractivity contribution in [1.29, 1.82) is 0 Å². The van der Waals surface area contributed by atoms with Crippen LogP contribution in [0.5, 0.6) is 11.5 Å². The number of rotatable bonds is 10. The number of carbonyl (C=O) groups is 1. The zero-order valence-corrected chi connectivity index (χ0v) is 17.3. The number of benzene rings is 2. The van der Waals surface area contributed by atoms with Crippen LogP contribution in [0.2, 0.25) is 0 Å². The monoisotopic (exact) mass is 405 g/mol. The molecule has 0 aliphatic heterocycles. The molecule has 0 aliphatic rings. The highest BCUT2D eigenvalue weighted by molar-refractivity contribution is 5.92. The van der Waals surface area contributed by atoms with Crippen molar-refractivity contribution in [2.24, 2.45) is 0 Å². The second kappa shape index (κ2) is 10.3. The van der Waals surface area contributed by atoms with Gasteiger partial charge in [0.15, 0.2) is 5.75 Å². The van der Waals surface area contributed by atoms with Gasteiger partial charge in [-0.2, -0.15) is 0 Å². The van der Waals surface area contributed by atoms with Gasteiger partial charge in [-0.1, -0.05) is 25.5 Å². The minimum Gasteiger partial charge on any atom is -0.478 e. The van der Waals surface area contributed by atoms with E-state index >= 15 is 0 Å². The smallest absolute Gasteiger partial charge is 0.335 e. The van der Waals surface area contributed by atoms with E-state index < -0.39 is 5.97 Å². The van der Waals surface area contributed by atoms with E-state index in [1.165, 1.54) is 0 Å². The molecule has 6 nitrogen and oxygen atoms in total. The lowest BCUT2D eigenvalue weighted by molar-refractivity contribution is 0.0697. The van der Waals surface area contributed by atoms with Crippen molar-refractivity contribution in [1.82, 2.24) is 4.98 Å². The predicted molar refractivity (Wildman–Crippen MR) is 121 cm³/mol. The Morgan fingerprint density at radius 3 is 2.40 bits per heavy atom. The average molecular weight is 405 g/mol. The summed E-state index contributed by atoms with van der Waals surface area (Å²) < 4.78 is 6.29. The van der Waals surface area contributed by atoms with Crippen molar-refractivity contribution < 1.29 is 14.6 Å². The second-order valence-electron chi connectivity index (χ2n) is 6.88. The normalized spacial score (nSPS) is 10.5. The molecular formula is C24H27N3O3. The van der Waals surface area contributed by atoms with Gasteiger partial charge >= 0.3 is 5.97 Å². The molecule has 0 saturated heterocycles. The van der Waals surface area contributed by atoms with Crippen LogP contribution in [0.1, 0.15) is 37.0 Å². The van der Waals surface area contributed by atoms with E-state index in [1.54, 1.807) is 24.5 Å². The molecule has 3 aromatic rings. The fraction of sp³-hybridized carbons (Fsp3) is 0.250. The molecule has 0 unspecified atom stereocenters. The lowest BCUT2D eigenvalue weighted by atomic mass is 10.1. The minimum absolute atomic E-state index is 0.211. The molecule has 2 aromatic carbocycles. The first-order valence-electron chi connectivity index (χ1n) is 10.2. The van der Waals surface area contributed by atoms with Crippen molar-refractivity contribution in [2.45, 2.75) is 26.7 Å². The van der Waals surface area contributed by atoms with Crippen LogP contribution >= 0.6 is 0 Å². The van der Waals surface area contributed by atoms with Gasteiger partial charge in [0, 0.05) is 25.5 Å². The fourth-order valence-electron chi connectivity index (χ4n) is 3.12. The first-order chi connectivity index (χ1) is 14.6. The Morgan fingerprint density at radius 2 is 1.73 bits per heavy atom. The van der Waals surface area contributed by atoms with Crippen molar-refractivity contribution in [3.63, 3.8) is 0 Å². The van der Waals surface area contributed by atoms with Crippen LogP contribution in [0.3, 0.4) is 0 Å². The third kappa shape index (κ3) is 5.29. The molecule has 3 N–H and O–H groups in total. The van der Waals surface area contributed by atoms with Crippen molar-refractivity contribution >= 4 is 17.3 Å². The average Bonchev–Trinajstić information content (AvgIpc) is 2.76. The maximum Gasteiger partial charge on any atom is 0.335 e. The highest BCUT2D eigenvalue weighted by Gasteiger charge is 2.16. The molecule has 0 saturated carbocycles. The summed E-state index contributed by atoms with van der Waals surface area (Å²) in [6, 6.07) is 14.9. The lowest BCUT2D eigenvalue weighted by Crippen LogP contribution is -2.08. The lowest BCUT2D eigenvalue weighted by Gasteiger charge is -2.19. The molecule has 1 heterocycles. The Morgan fingerprint density at radius 1 is 1.00 bits per heavy atom. The van der Waals surface area contributed by atoms with Gasteiger partial charge < -0.3 is 20.5 Å². The number of ether oxygens (including phenoxy) is 1. The summed E-state index contributed by atoms with van der Waals surface area (Å²) >= 11 is 0. The molecule has 0 bridgehead atoms. The van der Waals surface area contributed by atoms with Crippen LogP contribution < -0.4 is 15.4 Å². The van der Waals surface area contributed by atoms with Gasteiger partial charge in [0.1, 0.15) is 5.75 Å². The van der Waals surface area contributed by atoms with Crippen LogP contribution in [0.25, 0.3) is 11.1 Å². The SMILES string of the molecule is CCCCNc1cc(C(=O)O)cc(NCC)c1Oc1cccc(-c2ccncc2)c1. The third-order valence-corrected chi connectivity index (χ3v) is 4.62. The number of pyridine rings is 1. The number of carboxylic acids is 1. The summed E-state index contributed by atoms with van der Waals surface area (Å²) in [7, 11) is 0. The Balaban J connectivity index is 2.00. The second-order valence-corrected chi connectivity index (χ2v) is 6.88. The van der Waals surface area contributed by atoms with Crippen LogP contribution in [0.4, 0.5) is 11.4 Å². The minimum atomic E-state index is -0.973. The number of carboxylic acid groups (broad SMARTS) is 1. The highest BCUT2D eigenvalue weighted by atomic mass is 16.5. The van der Waals surface area contributed by atoms with Gasteiger partial charge in [0.2, 0.25) is 0 Å². The summed E-state index contributed by atoms with van der Waals surface area (Å²) in [6.45, 7) is 5.45. The zero-order valence-electron chi connectivity index (χ0n) is 17.3. The maximum absolute atomic E-state index is 11.6. The fourth-order valence-corrected chi connectivity index (χ4v) is 3.12. The third-order valence-electron chi connectivity index (χ3n) is 4.62. The largest absolute Gasteiger partial charge is 0.478 e. The van der Waals surface area contributed by atoms with E-state index in [-0.39, 0.29) is 5.56 Å². The van der Waals surface area contributed by atoms with E-state index in [1.807, 2.05) is 43.3 Å². The summed E-state index contributed by atoms with van der Waals surface area (Å²) in [6.07, 6.45) is 5.53. The van der Waals surface area contributed by atoms with E-state index in [2.05, 4.69) is 22.5 Å². The molecule has 0 radical (unpaired) electrons. The molecule has 1 aromatic heterocycles. The van der Waals surface area contributed by atoms with Crippen LogP contribution in [0, 0.1) is 0 Å². The predicted octanol–water partition coefficient (Wildman–Crippen LogP) is 5.88. The van der Waals surface area contributed by atoms with Crippen molar-refractivity contribution in [3.8, 4) is 22.6 Å². The number of aromatic nitrogens is 1. The highest BCUT2D eigenvalue weighted by Crippen LogP contribution is 2.39. The van der Waals surface area contributed by atoms with Crippen molar-refractivity contribution in [2.75, 3.05) is 23.7 Å². The molecule has 0 aliphatic carbocycles. The van der Waals surface area contributed by atoms with Gasteiger partial charge in [0.25, 0.3) is 0 Å². The Labute approximate surface area is 176 Å². The quantitative estimate of drug-likeness (QED) is 0.365. The van der Waals surface area contributed by atoms with Gasteiger partial charge in [0.05, 0.1) is 16.9 Å². The number of aromatic carboxylic acids is 1. The number of hydrogen-bond donors (Lipinski definition) is 3. The topological polar surface area (TPSA) is 83.5 Å². The molecule has 3 rings (SSSR count). The van der Waals surface area contributed by atoms with Gasteiger partial charge in [-0.05, 0) is 60.9 Å². The summed E-state index contributed by atoms with van der Waals surface area (Å²) in [5, 5.41) is 16.1. The number of hydrogen-bond acceptors (Lipinski definition) is 5. The van der Waals surface area contributed by atoms with E-state index in [4.69, 9.17) is 4.74 Å². The van der Waals surface area contributed by atoms with Crippen LogP contribution in [0.15, 0.2) is 60.9 Å². The van der Waals surface area contributed by atoms with E-state index in [0.717, 1.165) is 30.5 Å². The zero-order chi connectivity index (χ0) is 21.3. The van der Waals surface area contributed by atoms with Crippen LogP contribution in [-0.4, -0.2) is 29.1 Å².